The minimum Gasteiger partial charge on any atom is -0.456 e. The summed E-state index contributed by atoms with van der Waals surface area (Å²) in [4.78, 5) is 2.47. The topological polar surface area (TPSA) is 16.4 Å². The monoisotopic (exact) mass is 745 g/mol. The summed E-state index contributed by atoms with van der Waals surface area (Å²) in [7, 11) is 0. The van der Waals surface area contributed by atoms with Crippen molar-refractivity contribution in [1.82, 2.24) is 0 Å². The highest BCUT2D eigenvalue weighted by Crippen LogP contribution is 2.51. The van der Waals surface area contributed by atoms with Gasteiger partial charge < -0.3 is 9.32 Å². The molecule has 0 saturated heterocycles. The molecule has 11 aromatic rings. The largest absolute Gasteiger partial charge is 0.456 e. The molecular formula is C54H35NOS. The lowest BCUT2D eigenvalue weighted by molar-refractivity contribution is 0.669. The van der Waals surface area contributed by atoms with Gasteiger partial charge in [0.2, 0.25) is 0 Å². The van der Waals surface area contributed by atoms with Gasteiger partial charge in [-0.15, -0.1) is 11.3 Å². The van der Waals surface area contributed by atoms with Crippen molar-refractivity contribution in [2.45, 2.75) is 0 Å². The van der Waals surface area contributed by atoms with Gasteiger partial charge >= 0.3 is 0 Å². The molecule has 57 heavy (non-hydrogen) atoms. The van der Waals surface area contributed by atoms with E-state index < -0.39 is 0 Å². The number of anilines is 3. The predicted molar refractivity (Wildman–Crippen MR) is 243 cm³/mol. The SMILES string of the molecule is c1ccc(-c2ccc(N(c3cc(-c4ccccc4)cc4oc5ccccc5c34)c3ccc(-c4ccccc4)c4sc5cc(-c6ccccc6)ccc5c34)cc2)cc1. The molecule has 0 aliphatic heterocycles. The van der Waals surface area contributed by atoms with E-state index in [1.54, 1.807) is 0 Å². The predicted octanol–water partition coefficient (Wildman–Crippen LogP) is 16.1. The number of nitrogens with zero attached hydrogens (tertiary/aromatic N) is 1. The molecule has 0 bridgehead atoms. The third-order valence-corrected chi connectivity index (χ3v) is 12.3. The molecule has 0 unspecified atom stereocenters. The number of furan rings is 1. The lowest BCUT2D eigenvalue weighted by Crippen LogP contribution is -2.11. The molecule has 0 N–H and O–H groups in total. The van der Waals surface area contributed by atoms with Crippen LogP contribution in [0.15, 0.2) is 217 Å². The Morgan fingerprint density at radius 3 is 1.60 bits per heavy atom. The molecule has 0 radical (unpaired) electrons. The molecule has 0 fully saturated rings. The van der Waals surface area contributed by atoms with Gasteiger partial charge in [-0.3, -0.25) is 0 Å². The average Bonchev–Trinajstić information content (AvgIpc) is 3.87. The molecule has 2 heterocycles. The Bertz CT molecular complexity index is 3200. The average molecular weight is 746 g/mol. The number of benzene rings is 9. The number of para-hydroxylation sites is 1. The van der Waals surface area contributed by atoms with E-state index in [9.17, 15) is 0 Å². The standard InChI is InChI=1S/C54H35NOS/c1-5-15-36(16-6-1)39-25-28-43(29-26-39)55(48-33-42(38-19-9-3-10-20-38)34-50-52(48)45-23-13-14-24-49(45)56-50)47-32-31-44(40-21-11-4-12-22-40)54-53(47)46-30-27-41(35-51(46)57-54)37-17-7-2-8-18-37/h1-35H. The maximum absolute atomic E-state index is 6.70. The van der Waals surface area contributed by atoms with Gasteiger partial charge in [-0.1, -0.05) is 170 Å². The molecule has 0 atom stereocenters. The summed E-state index contributed by atoms with van der Waals surface area (Å²) in [5.74, 6) is 0. The second-order valence-electron chi connectivity index (χ2n) is 14.5. The van der Waals surface area contributed by atoms with Gasteiger partial charge in [-0.25, -0.2) is 0 Å². The first kappa shape index (κ1) is 33.2. The van der Waals surface area contributed by atoms with E-state index in [4.69, 9.17) is 4.42 Å². The van der Waals surface area contributed by atoms with Gasteiger partial charge in [-0.05, 0) is 87.0 Å². The Labute approximate surface area is 335 Å². The van der Waals surface area contributed by atoms with Crippen LogP contribution in [0.25, 0.3) is 86.6 Å². The molecule has 11 rings (SSSR count). The molecule has 0 saturated carbocycles. The second kappa shape index (κ2) is 13.8. The van der Waals surface area contributed by atoms with Gasteiger partial charge in [0.25, 0.3) is 0 Å². The molecule has 268 valence electrons. The molecule has 0 amide bonds. The lowest BCUT2D eigenvalue weighted by atomic mass is 9.97. The van der Waals surface area contributed by atoms with Gasteiger partial charge in [0, 0.05) is 31.2 Å². The van der Waals surface area contributed by atoms with Crippen LogP contribution in [0.3, 0.4) is 0 Å². The molecular weight excluding hydrogens is 711 g/mol. The number of hydrogen-bond acceptors (Lipinski definition) is 3. The van der Waals surface area contributed by atoms with Crippen LogP contribution in [0, 0.1) is 0 Å². The Balaban J connectivity index is 1.24. The molecule has 3 heteroatoms. The van der Waals surface area contributed by atoms with Crippen LogP contribution < -0.4 is 4.90 Å². The summed E-state index contributed by atoms with van der Waals surface area (Å²) >= 11 is 1.88. The Kier molecular flexibility index (Phi) is 8.04. The van der Waals surface area contributed by atoms with Crippen LogP contribution in [-0.4, -0.2) is 0 Å². The second-order valence-corrected chi connectivity index (χ2v) is 15.5. The fourth-order valence-electron chi connectivity index (χ4n) is 8.35. The van der Waals surface area contributed by atoms with Crippen molar-refractivity contribution < 1.29 is 4.42 Å². The number of rotatable bonds is 7. The zero-order chi connectivity index (χ0) is 37.7. The Morgan fingerprint density at radius 2 is 0.912 bits per heavy atom. The molecule has 0 aliphatic carbocycles. The van der Waals surface area contributed by atoms with Gasteiger partial charge in [0.05, 0.1) is 16.8 Å². The van der Waals surface area contributed by atoms with E-state index in [2.05, 4.69) is 217 Å². The number of thiophene rings is 1. The minimum atomic E-state index is 0.860. The first-order valence-corrected chi connectivity index (χ1v) is 20.1. The normalized spacial score (nSPS) is 11.5. The van der Waals surface area contributed by atoms with Crippen LogP contribution in [0.2, 0.25) is 0 Å². The van der Waals surface area contributed by atoms with Gasteiger partial charge in [0.15, 0.2) is 0 Å². The molecule has 0 spiro atoms. The summed E-state index contributed by atoms with van der Waals surface area (Å²) < 4.78 is 9.22. The molecule has 2 nitrogen and oxygen atoms in total. The highest BCUT2D eigenvalue weighted by Gasteiger charge is 2.25. The van der Waals surface area contributed by atoms with E-state index in [1.165, 1.54) is 53.6 Å². The zero-order valence-electron chi connectivity index (χ0n) is 31.0. The third kappa shape index (κ3) is 5.80. The maximum atomic E-state index is 6.70. The molecule has 9 aromatic carbocycles. The van der Waals surface area contributed by atoms with Crippen LogP contribution in [0.5, 0.6) is 0 Å². The fourth-order valence-corrected chi connectivity index (χ4v) is 9.65. The van der Waals surface area contributed by atoms with Crippen molar-refractivity contribution in [1.29, 1.82) is 0 Å². The van der Waals surface area contributed by atoms with Crippen molar-refractivity contribution >= 4 is 70.5 Å². The van der Waals surface area contributed by atoms with E-state index in [0.29, 0.717) is 0 Å². The highest BCUT2D eigenvalue weighted by atomic mass is 32.1. The van der Waals surface area contributed by atoms with Gasteiger partial charge in [0.1, 0.15) is 11.2 Å². The summed E-state index contributed by atoms with van der Waals surface area (Å²) in [5, 5.41) is 4.64. The Morgan fingerprint density at radius 1 is 0.351 bits per heavy atom. The quantitative estimate of drug-likeness (QED) is 0.162. The lowest BCUT2D eigenvalue weighted by Gasteiger charge is -2.28. The molecule has 2 aromatic heterocycles. The van der Waals surface area contributed by atoms with Crippen molar-refractivity contribution in [3.63, 3.8) is 0 Å². The van der Waals surface area contributed by atoms with Crippen LogP contribution in [-0.2, 0) is 0 Å². The molecule has 0 aliphatic rings. The van der Waals surface area contributed by atoms with Crippen LogP contribution in [0.4, 0.5) is 17.1 Å². The zero-order valence-corrected chi connectivity index (χ0v) is 31.8. The number of fused-ring (bicyclic) bond motifs is 6. The van der Waals surface area contributed by atoms with Gasteiger partial charge in [-0.2, -0.15) is 0 Å². The summed E-state index contributed by atoms with van der Waals surface area (Å²) in [6.07, 6.45) is 0. The smallest absolute Gasteiger partial charge is 0.138 e. The minimum absolute atomic E-state index is 0.860. The summed E-state index contributed by atoms with van der Waals surface area (Å²) in [5.41, 5.74) is 14.5. The number of hydrogen-bond donors (Lipinski definition) is 0. The van der Waals surface area contributed by atoms with Crippen LogP contribution in [0.1, 0.15) is 0 Å². The maximum Gasteiger partial charge on any atom is 0.138 e. The third-order valence-electron chi connectivity index (χ3n) is 11.1. The van der Waals surface area contributed by atoms with E-state index in [0.717, 1.165) is 50.1 Å². The van der Waals surface area contributed by atoms with E-state index in [1.807, 2.05) is 11.3 Å². The van der Waals surface area contributed by atoms with Crippen molar-refractivity contribution in [2.24, 2.45) is 0 Å². The Hall–Kier alpha value is -7.20. The summed E-state index contributed by atoms with van der Waals surface area (Å²) in [6.45, 7) is 0. The highest BCUT2D eigenvalue weighted by molar-refractivity contribution is 7.26. The van der Waals surface area contributed by atoms with E-state index in [-0.39, 0.29) is 0 Å². The van der Waals surface area contributed by atoms with E-state index >= 15 is 0 Å². The summed E-state index contributed by atoms with van der Waals surface area (Å²) in [6, 6.07) is 76.3. The van der Waals surface area contributed by atoms with Crippen LogP contribution >= 0.6 is 11.3 Å². The van der Waals surface area contributed by atoms with Crippen molar-refractivity contribution in [2.75, 3.05) is 4.90 Å². The van der Waals surface area contributed by atoms with Crippen molar-refractivity contribution in [3.8, 4) is 44.5 Å². The van der Waals surface area contributed by atoms with Crippen molar-refractivity contribution in [3.05, 3.63) is 212 Å². The first-order valence-electron chi connectivity index (χ1n) is 19.3. The first-order chi connectivity index (χ1) is 28.3. The fraction of sp³-hybridized carbons (Fsp3) is 0.